The van der Waals surface area contributed by atoms with Gasteiger partial charge in [0.05, 0.1) is 12.2 Å². The lowest BCUT2D eigenvalue weighted by Crippen LogP contribution is -2.11. The van der Waals surface area contributed by atoms with E-state index in [9.17, 15) is 9.59 Å². The van der Waals surface area contributed by atoms with Gasteiger partial charge in [-0.05, 0) is 58.1 Å². The van der Waals surface area contributed by atoms with Gasteiger partial charge >= 0.3 is 5.97 Å². The van der Waals surface area contributed by atoms with Crippen molar-refractivity contribution >= 4 is 28.1 Å². The molecule has 0 radical (unpaired) electrons. The van der Waals surface area contributed by atoms with Crippen LogP contribution in [0.4, 0.5) is 5.00 Å². The lowest BCUT2D eigenvalue weighted by Gasteiger charge is -2.12. The molecule has 114 valence electrons. The number of carbonyl (C=O) groups is 2. The lowest BCUT2D eigenvalue weighted by atomic mass is 9.95. The molecule has 4 nitrogen and oxygen atoms in total. The molecule has 0 saturated heterocycles. The van der Waals surface area contributed by atoms with Crippen LogP contribution in [0.2, 0.25) is 0 Å². The number of rotatable bonds is 5. The first kappa shape index (κ1) is 15.8. The fourth-order valence-corrected chi connectivity index (χ4v) is 3.93. The van der Waals surface area contributed by atoms with Crippen LogP contribution in [-0.4, -0.2) is 18.4 Å². The van der Waals surface area contributed by atoms with Crippen LogP contribution in [0.1, 0.15) is 54.4 Å². The fraction of sp³-hybridized carbons (Fsp3) is 0.500. The third-order valence-corrected chi connectivity index (χ3v) is 4.59. The number of ketones is 1. The highest BCUT2D eigenvalue weighted by Gasteiger charge is 2.26. The van der Waals surface area contributed by atoms with Crippen LogP contribution in [0, 0.1) is 0 Å². The minimum atomic E-state index is -0.268. The summed E-state index contributed by atoms with van der Waals surface area (Å²) in [5.41, 5.74) is 2.53. The number of ether oxygens (including phenoxy) is 1. The average molecular weight is 307 g/mol. The summed E-state index contributed by atoms with van der Waals surface area (Å²) in [6, 6.07) is 0. The van der Waals surface area contributed by atoms with Crippen LogP contribution in [0.3, 0.4) is 0 Å². The summed E-state index contributed by atoms with van der Waals surface area (Å²) >= 11 is 1.61. The highest BCUT2D eigenvalue weighted by Crippen LogP contribution is 2.39. The number of nitrogens with one attached hydrogen (secondary N) is 1. The van der Waals surface area contributed by atoms with Gasteiger partial charge in [0.1, 0.15) is 5.00 Å². The van der Waals surface area contributed by atoms with Crippen molar-refractivity contribution in [3.63, 3.8) is 0 Å². The predicted octanol–water partition coefficient (Wildman–Crippen LogP) is 3.71. The number of anilines is 1. The number of carbonyl (C=O) groups excluding carboxylic acids is 2. The number of aryl methyl sites for hydroxylation is 1. The van der Waals surface area contributed by atoms with Gasteiger partial charge in [-0.15, -0.1) is 11.3 Å². The second kappa shape index (κ2) is 6.89. The summed E-state index contributed by atoms with van der Waals surface area (Å²) in [7, 11) is 0. The standard InChI is InChI=1S/C16H21NO3S/c1-4-20-16(19)14-12-7-5-6-8-13(12)21-15(14)17-10(2)9-11(3)18/h9,17H,4-8H2,1-3H3. The molecule has 1 aliphatic rings. The van der Waals surface area contributed by atoms with Crippen LogP contribution in [0.5, 0.6) is 0 Å². The second-order valence-electron chi connectivity index (χ2n) is 5.20. The van der Waals surface area contributed by atoms with E-state index in [4.69, 9.17) is 4.74 Å². The summed E-state index contributed by atoms with van der Waals surface area (Å²) in [6.45, 7) is 5.52. The quantitative estimate of drug-likeness (QED) is 0.665. The third-order valence-electron chi connectivity index (χ3n) is 3.38. The average Bonchev–Trinajstić information content (AvgIpc) is 2.75. The molecule has 1 aliphatic carbocycles. The minimum absolute atomic E-state index is 0.0148. The van der Waals surface area contributed by atoms with E-state index in [0.29, 0.717) is 12.2 Å². The molecule has 0 fully saturated rings. The first-order valence-electron chi connectivity index (χ1n) is 7.30. The molecule has 0 spiro atoms. The van der Waals surface area contributed by atoms with E-state index in [1.165, 1.54) is 17.9 Å². The number of hydrogen-bond acceptors (Lipinski definition) is 5. The van der Waals surface area contributed by atoms with Gasteiger partial charge in [0, 0.05) is 10.6 Å². The zero-order valence-electron chi connectivity index (χ0n) is 12.7. The maximum absolute atomic E-state index is 12.3. The molecule has 0 saturated carbocycles. The van der Waals surface area contributed by atoms with Gasteiger partial charge in [0.2, 0.25) is 0 Å². The van der Waals surface area contributed by atoms with Gasteiger partial charge in [0.15, 0.2) is 5.78 Å². The summed E-state index contributed by atoms with van der Waals surface area (Å²) in [5.74, 6) is -0.283. The molecule has 0 aromatic carbocycles. The highest BCUT2D eigenvalue weighted by molar-refractivity contribution is 7.16. The molecular weight excluding hydrogens is 286 g/mol. The summed E-state index contributed by atoms with van der Waals surface area (Å²) in [4.78, 5) is 24.7. The molecule has 1 heterocycles. The Morgan fingerprint density at radius 3 is 2.67 bits per heavy atom. The number of thiophene rings is 1. The number of allylic oxidation sites excluding steroid dienone is 2. The molecule has 1 aromatic rings. The van der Waals surface area contributed by atoms with E-state index < -0.39 is 0 Å². The van der Waals surface area contributed by atoms with Gasteiger partial charge in [-0.3, -0.25) is 4.79 Å². The van der Waals surface area contributed by atoms with Gasteiger partial charge in [-0.1, -0.05) is 0 Å². The highest BCUT2D eigenvalue weighted by atomic mass is 32.1. The monoisotopic (exact) mass is 307 g/mol. The van der Waals surface area contributed by atoms with Crippen molar-refractivity contribution in [2.45, 2.75) is 46.5 Å². The summed E-state index contributed by atoms with van der Waals surface area (Å²) in [6.07, 6.45) is 5.75. The maximum Gasteiger partial charge on any atom is 0.341 e. The Hall–Kier alpha value is -1.62. The van der Waals surface area contributed by atoms with E-state index in [1.807, 2.05) is 13.8 Å². The Morgan fingerprint density at radius 2 is 2.00 bits per heavy atom. The van der Waals surface area contributed by atoms with Gasteiger partial charge < -0.3 is 10.1 Å². The Morgan fingerprint density at radius 1 is 1.29 bits per heavy atom. The topological polar surface area (TPSA) is 55.4 Å². The Balaban J connectivity index is 2.37. The first-order valence-corrected chi connectivity index (χ1v) is 8.12. The van der Waals surface area contributed by atoms with Crippen molar-refractivity contribution in [2.24, 2.45) is 0 Å². The minimum Gasteiger partial charge on any atom is -0.462 e. The number of fused-ring (bicyclic) bond motifs is 1. The molecule has 0 bridgehead atoms. The van der Waals surface area contributed by atoms with Crippen LogP contribution in [0.25, 0.3) is 0 Å². The molecule has 1 aromatic heterocycles. The predicted molar refractivity (Wildman–Crippen MR) is 85.0 cm³/mol. The molecule has 21 heavy (non-hydrogen) atoms. The Labute approximate surface area is 129 Å². The summed E-state index contributed by atoms with van der Waals surface area (Å²) < 4.78 is 5.20. The molecule has 0 amide bonds. The van der Waals surface area contributed by atoms with Gasteiger partial charge in [-0.25, -0.2) is 4.79 Å². The van der Waals surface area contributed by atoms with E-state index in [0.717, 1.165) is 41.9 Å². The fourth-order valence-electron chi connectivity index (χ4n) is 2.59. The molecule has 0 atom stereocenters. The van der Waals surface area contributed by atoms with Crippen LogP contribution < -0.4 is 5.32 Å². The summed E-state index contributed by atoms with van der Waals surface area (Å²) in [5, 5.41) is 4.00. The van der Waals surface area contributed by atoms with E-state index in [1.54, 1.807) is 11.3 Å². The molecule has 2 rings (SSSR count). The van der Waals surface area contributed by atoms with E-state index in [-0.39, 0.29) is 11.8 Å². The molecule has 0 unspecified atom stereocenters. The Kier molecular flexibility index (Phi) is 5.17. The van der Waals surface area contributed by atoms with Crippen LogP contribution in [0.15, 0.2) is 11.8 Å². The smallest absolute Gasteiger partial charge is 0.341 e. The van der Waals surface area contributed by atoms with Crippen LogP contribution >= 0.6 is 11.3 Å². The van der Waals surface area contributed by atoms with Crippen LogP contribution in [-0.2, 0) is 22.4 Å². The van der Waals surface area contributed by atoms with Crippen molar-refractivity contribution in [2.75, 3.05) is 11.9 Å². The molecule has 1 N–H and O–H groups in total. The van der Waals surface area contributed by atoms with Crippen molar-refractivity contribution in [1.82, 2.24) is 0 Å². The number of esters is 1. The molecule has 0 aliphatic heterocycles. The zero-order chi connectivity index (χ0) is 15.4. The van der Waals surface area contributed by atoms with E-state index in [2.05, 4.69) is 5.32 Å². The van der Waals surface area contributed by atoms with Crippen molar-refractivity contribution in [1.29, 1.82) is 0 Å². The number of hydrogen-bond donors (Lipinski definition) is 1. The van der Waals surface area contributed by atoms with Gasteiger partial charge in [0.25, 0.3) is 0 Å². The maximum atomic E-state index is 12.3. The zero-order valence-corrected chi connectivity index (χ0v) is 13.6. The first-order chi connectivity index (χ1) is 10.0. The Bertz CT molecular complexity index is 587. The largest absolute Gasteiger partial charge is 0.462 e. The SMILES string of the molecule is CCOC(=O)c1c(NC(C)=CC(C)=O)sc2c1CCCC2. The van der Waals surface area contributed by atoms with E-state index >= 15 is 0 Å². The second-order valence-corrected chi connectivity index (χ2v) is 6.30. The molecule has 5 heteroatoms. The van der Waals surface area contributed by atoms with Crippen molar-refractivity contribution in [3.05, 3.63) is 27.8 Å². The lowest BCUT2D eigenvalue weighted by molar-refractivity contribution is -0.112. The van der Waals surface area contributed by atoms with Gasteiger partial charge in [-0.2, -0.15) is 0 Å². The van der Waals surface area contributed by atoms with Crippen molar-refractivity contribution in [3.8, 4) is 0 Å². The van der Waals surface area contributed by atoms with Crippen molar-refractivity contribution < 1.29 is 14.3 Å². The normalized spacial score (nSPS) is 14.5. The third kappa shape index (κ3) is 3.73. The molecular formula is C16H21NO3S.